The molecule has 0 aliphatic carbocycles. The maximum absolute atomic E-state index is 12.7. The Kier molecular flexibility index (Phi) is 2.68. The van der Waals surface area contributed by atoms with E-state index >= 15 is 0 Å². The number of aryl methyl sites for hydroxylation is 1. The number of hydrogen-bond donors (Lipinski definition) is 1. The third kappa shape index (κ3) is 1.61. The van der Waals surface area contributed by atoms with Crippen LogP contribution in [-0.4, -0.2) is 33.5 Å². The largest absolute Gasteiger partial charge is 0.295 e. The van der Waals surface area contributed by atoms with Crippen LogP contribution in [0.15, 0.2) is 16.6 Å². The van der Waals surface area contributed by atoms with Crippen molar-refractivity contribution in [1.82, 2.24) is 15.1 Å². The molecule has 0 spiro atoms. The maximum atomic E-state index is 12.7. The highest BCUT2D eigenvalue weighted by atomic mass is 79.9. The summed E-state index contributed by atoms with van der Waals surface area (Å²) in [5.41, 5.74) is 1.35. The SMILES string of the molecule is Cn1nc2c3c(ccc(Br)c31)C(=O)N2C1CCC(=O)NC1=O. The summed E-state index contributed by atoms with van der Waals surface area (Å²) in [6.45, 7) is 0. The van der Waals surface area contributed by atoms with Gasteiger partial charge in [-0.1, -0.05) is 0 Å². The van der Waals surface area contributed by atoms with Crippen LogP contribution < -0.4 is 10.2 Å². The van der Waals surface area contributed by atoms with Gasteiger partial charge in [-0.3, -0.25) is 29.3 Å². The number of carbonyl (C=O) groups excluding carboxylic acids is 3. The highest BCUT2D eigenvalue weighted by molar-refractivity contribution is 9.10. The molecule has 1 aromatic heterocycles. The van der Waals surface area contributed by atoms with Crippen LogP contribution in [-0.2, 0) is 16.6 Å². The Morgan fingerprint density at radius 1 is 1.32 bits per heavy atom. The number of halogens is 1. The first-order valence-electron chi connectivity index (χ1n) is 6.81. The van der Waals surface area contributed by atoms with Crippen molar-refractivity contribution in [1.29, 1.82) is 0 Å². The predicted octanol–water partition coefficient (Wildman–Crippen LogP) is 1.10. The number of piperidine rings is 1. The van der Waals surface area contributed by atoms with E-state index in [-0.39, 0.29) is 18.2 Å². The summed E-state index contributed by atoms with van der Waals surface area (Å²) in [5, 5.41) is 7.44. The zero-order valence-corrected chi connectivity index (χ0v) is 13.2. The molecule has 1 aromatic carbocycles. The summed E-state index contributed by atoms with van der Waals surface area (Å²) < 4.78 is 2.52. The van der Waals surface area contributed by atoms with Crippen LogP contribution in [0.5, 0.6) is 0 Å². The molecule has 112 valence electrons. The molecular weight excluding hydrogens is 352 g/mol. The van der Waals surface area contributed by atoms with Gasteiger partial charge in [0.25, 0.3) is 5.91 Å². The van der Waals surface area contributed by atoms with Crippen LogP contribution >= 0.6 is 15.9 Å². The van der Waals surface area contributed by atoms with Crippen LogP contribution in [0.2, 0.25) is 0 Å². The molecule has 0 bridgehead atoms. The standard InChI is InChI=1S/C14H11BrN4O3/c1-18-11-7(15)3-2-6-10(11)12(17-18)19(14(6)22)8-4-5-9(20)16-13(8)21/h2-3,8H,4-5H2,1H3,(H,16,20,21). The van der Waals surface area contributed by atoms with E-state index in [1.54, 1.807) is 23.9 Å². The number of benzene rings is 1. The molecule has 0 radical (unpaired) electrons. The number of nitrogens with zero attached hydrogens (tertiary/aromatic N) is 3. The average molecular weight is 363 g/mol. The molecule has 2 aromatic rings. The minimum atomic E-state index is -0.700. The molecule has 2 aliphatic heterocycles. The molecule has 1 atom stereocenters. The first kappa shape index (κ1) is 13.4. The van der Waals surface area contributed by atoms with Crippen molar-refractivity contribution in [2.75, 3.05) is 4.90 Å². The molecule has 7 nitrogen and oxygen atoms in total. The number of hydrogen-bond acceptors (Lipinski definition) is 4. The smallest absolute Gasteiger partial charge is 0.261 e. The number of aromatic nitrogens is 2. The van der Waals surface area contributed by atoms with Crippen molar-refractivity contribution in [3.05, 3.63) is 22.2 Å². The fourth-order valence-corrected chi connectivity index (χ4v) is 3.73. The number of anilines is 1. The second-order valence-electron chi connectivity index (χ2n) is 5.41. The normalized spacial score (nSPS) is 20.9. The Bertz CT molecular complexity index is 873. The van der Waals surface area contributed by atoms with Gasteiger partial charge in [-0.2, -0.15) is 5.10 Å². The van der Waals surface area contributed by atoms with Gasteiger partial charge in [-0.25, -0.2) is 0 Å². The fraction of sp³-hybridized carbons (Fsp3) is 0.286. The van der Waals surface area contributed by atoms with Gasteiger partial charge in [0.1, 0.15) is 6.04 Å². The van der Waals surface area contributed by atoms with Crippen molar-refractivity contribution in [3.63, 3.8) is 0 Å². The van der Waals surface area contributed by atoms with Gasteiger partial charge in [-0.15, -0.1) is 0 Å². The monoisotopic (exact) mass is 362 g/mol. The summed E-state index contributed by atoms with van der Waals surface area (Å²) in [4.78, 5) is 37.5. The third-order valence-electron chi connectivity index (χ3n) is 4.12. The molecule has 0 saturated carbocycles. The summed E-state index contributed by atoms with van der Waals surface area (Å²) >= 11 is 3.46. The summed E-state index contributed by atoms with van der Waals surface area (Å²) in [7, 11) is 1.79. The lowest BCUT2D eigenvalue weighted by Crippen LogP contribution is -2.53. The van der Waals surface area contributed by atoms with Gasteiger partial charge in [0.15, 0.2) is 5.82 Å². The number of imide groups is 1. The topological polar surface area (TPSA) is 84.3 Å². The van der Waals surface area contributed by atoms with E-state index in [0.717, 1.165) is 15.4 Å². The minimum absolute atomic E-state index is 0.218. The number of nitrogens with one attached hydrogen (secondary N) is 1. The van der Waals surface area contributed by atoms with Crippen LogP contribution in [0.25, 0.3) is 10.9 Å². The molecule has 3 heterocycles. The predicted molar refractivity (Wildman–Crippen MR) is 81.4 cm³/mol. The Labute approximate surface area is 133 Å². The van der Waals surface area contributed by atoms with Gasteiger partial charge < -0.3 is 0 Å². The lowest BCUT2D eigenvalue weighted by atomic mass is 10.0. The first-order chi connectivity index (χ1) is 10.5. The lowest BCUT2D eigenvalue weighted by molar-refractivity contribution is -0.134. The highest BCUT2D eigenvalue weighted by Crippen LogP contribution is 2.41. The molecule has 1 unspecified atom stereocenters. The minimum Gasteiger partial charge on any atom is -0.295 e. The maximum Gasteiger partial charge on any atom is 0.261 e. The van der Waals surface area contributed by atoms with Crippen molar-refractivity contribution < 1.29 is 14.4 Å². The third-order valence-corrected chi connectivity index (χ3v) is 4.76. The first-order valence-corrected chi connectivity index (χ1v) is 7.61. The molecular formula is C14H11BrN4O3. The van der Waals surface area contributed by atoms with E-state index in [2.05, 4.69) is 26.3 Å². The Hall–Kier alpha value is -2.22. The summed E-state index contributed by atoms with van der Waals surface area (Å²) in [6.07, 6.45) is 0.528. The zero-order chi connectivity index (χ0) is 15.6. The van der Waals surface area contributed by atoms with E-state index in [0.29, 0.717) is 17.8 Å². The van der Waals surface area contributed by atoms with Crippen LogP contribution in [0, 0.1) is 0 Å². The van der Waals surface area contributed by atoms with Crippen LogP contribution in [0.4, 0.5) is 5.82 Å². The number of rotatable bonds is 1. The van der Waals surface area contributed by atoms with Gasteiger partial charge >= 0.3 is 0 Å². The molecule has 8 heteroatoms. The van der Waals surface area contributed by atoms with Crippen molar-refractivity contribution in [2.45, 2.75) is 18.9 Å². The Morgan fingerprint density at radius 3 is 2.82 bits per heavy atom. The van der Waals surface area contributed by atoms with Crippen LogP contribution in [0.1, 0.15) is 23.2 Å². The quantitative estimate of drug-likeness (QED) is 0.770. The molecule has 1 fully saturated rings. The van der Waals surface area contributed by atoms with Gasteiger partial charge in [0.05, 0.1) is 16.5 Å². The van der Waals surface area contributed by atoms with Crippen molar-refractivity contribution >= 4 is 50.4 Å². The molecule has 2 aliphatic rings. The number of carbonyl (C=O) groups is 3. The Balaban J connectivity index is 1.89. The van der Waals surface area contributed by atoms with Gasteiger partial charge in [0.2, 0.25) is 11.8 Å². The summed E-state index contributed by atoms with van der Waals surface area (Å²) in [5.74, 6) is -0.520. The van der Waals surface area contributed by atoms with E-state index in [4.69, 9.17) is 0 Å². The second kappa shape index (κ2) is 4.39. The van der Waals surface area contributed by atoms with E-state index in [1.807, 2.05) is 0 Å². The van der Waals surface area contributed by atoms with E-state index < -0.39 is 11.9 Å². The molecule has 1 saturated heterocycles. The Morgan fingerprint density at radius 2 is 2.09 bits per heavy atom. The van der Waals surface area contributed by atoms with Gasteiger partial charge in [0, 0.05) is 17.9 Å². The van der Waals surface area contributed by atoms with Crippen molar-refractivity contribution in [2.24, 2.45) is 7.05 Å². The van der Waals surface area contributed by atoms with E-state index in [9.17, 15) is 14.4 Å². The second-order valence-corrected chi connectivity index (χ2v) is 6.26. The van der Waals surface area contributed by atoms with Crippen molar-refractivity contribution in [3.8, 4) is 0 Å². The van der Waals surface area contributed by atoms with Gasteiger partial charge in [-0.05, 0) is 34.5 Å². The zero-order valence-electron chi connectivity index (χ0n) is 11.6. The van der Waals surface area contributed by atoms with Crippen LogP contribution in [0.3, 0.4) is 0 Å². The highest BCUT2D eigenvalue weighted by Gasteiger charge is 2.43. The van der Waals surface area contributed by atoms with E-state index in [1.165, 1.54) is 4.90 Å². The molecule has 4 rings (SSSR count). The molecule has 1 N–H and O–H groups in total. The average Bonchev–Trinajstić information content (AvgIpc) is 2.92. The molecule has 22 heavy (non-hydrogen) atoms. The summed E-state index contributed by atoms with van der Waals surface area (Å²) in [6, 6.07) is 2.83. The molecule has 3 amide bonds. The fourth-order valence-electron chi connectivity index (χ4n) is 3.14. The lowest BCUT2D eigenvalue weighted by Gasteiger charge is -2.28. The number of amides is 3.